The molecule has 2 aromatic rings. The van der Waals surface area contributed by atoms with Crippen LogP contribution in [0.2, 0.25) is 0 Å². The van der Waals surface area contributed by atoms with E-state index in [1.807, 2.05) is 0 Å². The molecule has 18 heavy (non-hydrogen) atoms. The molecule has 0 aliphatic rings. The minimum atomic E-state index is -3.64. The number of thiophene rings is 1. The number of sulfonamides is 1. The summed E-state index contributed by atoms with van der Waals surface area (Å²) in [6, 6.07) is 1.57. The first-order valence-electron chi connectivity index (χ1n) is 5.03. The second kappa shape index (κ2) is 4.67. The Kier molecular flexibility index (Phi) is 3.52. The summed E-state index contributed by atoms with van der Waals surface area (Å²) in [6.07, 6.45) is 0. The molecule has 0 amide bonds. The maximum absolute atomic E-state index is 12.2. The van der Waals surface area contributed by atoms with Crippen molar-refractivity contribution in [2.75, 3.05) is 4.72 Å². The Balaban J connectivity index is 2.39. The molecule has 5 nitrogen and oxygen atoms in total. The number of aromatic nitrogens is 1. The highest BCUT2D eigenvalue weighted by Crippen LogP contribution is 2.31. The summed E-state index contributed by atoms with van der Waals surface area (Å²) in [5, 5.41) is 3.71. The molecule has 0 spiro atoms. The van der Waals surface area contributed by atoms with Gasteiger partial charge in [0.2, 0.25) is 5.88 Å². The van der Waals surface area contributed by atoms with Crippen LogP contribution in [-0.4, -0.2) is 13.6 Å². The van der Waals surface area contributed by atoms with Crippen molar-refractivity contribution in [2.45, 2.75) is 25.7 Å². The van der Waals surface area contributed by atoms with Crippen LogP contribution >= 0.6 is 27.3 Å². The quantitative estimate of drug-likeness (QED) is 0.922. The summed E-state index contributed by atoms with van der Waals surface area (Å²) in [6.45, 7) is 5.26. The first kappa shape index (κ1) is 13.6. The van der Waals surface area contributed by atoms with E-state index in [2.05, 4.69) is 25.8 Å². The number of anilines is 1. The lowest BCUT2D eigenvalue weighted by atomic mass is 10.3. The van der Waals surface area contributed by atoms with E-state index >= 15 is 0 Å². The van der Waals surface area contributed by atoms with E-state index < -0.39 is 10.0 Å². The van der Waals surface area contributed by atoms with Crippen LogP contribution in [0.25, 0.3) is 0 Å². The monoisotopic (exact) mass is 350 g/mol. The first-order chi connectivity index (χ1) is 8.31. The largest absolute Gasteiger partial charge is 0.337 e. The zero-order chi connectivity index (χ0) is 13.5. The van der Waals surface area contributed by atoms with Crippen molar-refractivity contribution >= 4 is 43.2 Å². The zero-order valence-electron chi connectivity index (χ0n) is 9.94. The minimum Gasteiger partial charge on any atom is -0.337 e. The molecule has 0 saturated carbocycles. The van der Waals surface area contributed by atoms with Crippen LogP contribution in [0.5, 0.6) is 0 Å². The topological polar surface area (TPSA) is 72.2 Å². The summed E-state index contributed by atoms with van der Waals surface area (Å²) in [5.74, 6) is 0.161. The van der Waals surface area contributed by atoms with Gasteiger partial charge < -0.3 is 4.52 Å². The normalized spacial score (nSPS) is 11.8. The highest BCUT2D eigenvalue weighted by atomic mass is 79.9. The van der Waals surface area contributed by atoms with E-state index in [1.54, 1.807) is 26.8 Å². The van der Waals surface area contributed by atoms with Crippen molar-refractivity contribution in [1.29, 1.82) is 0 Å². The molecule has 98 valence electrons. The summed E-state index contributed by atoms with van der Waals surface area (Å²) in [4.78, 5) is 0.955. The summed E-state index contributed by atoms with van der Waals surface area (Å²) in [5.41, 5.74) is 1.35. The molecule has 0 aliphatic heterocycles. The van der Waals surface area contributed by atoms with Gasteiger partial charge in [-0.3, -0.25) is 0 Å². The van der Waals surface area contributed by atoms with Gasteiger partial charge in [0.05, 0.1) is 9.48 Å². The zero-order valence-corrected chi connectivity index (χ0v) is 13.2. The number of hydrogen-bond acceptors (Lipinski definition) is 5. The Morgan fingerprint density at radius 1 is 1.39 bits per heavy atom. The lowest BCUT2D eigenvalue weighted by Gasteiger charge is -2.04. The molecule has 0 saturated heterocycles. The lowest BCUT2D eigenvalue weighted by molar-refractivity contribution is 0.430. The third-order valence-electron chi connectivity index (χ3n) is 2.52. The molecular formula is C10H11BrN2O3S2. The third kappa shape index (κ3) is 2.45. The van der Waals surface area contributed by atoms with Crippen LogP contribution < -0.4 is 4.72 Å². The summed E-state index contributed by atoms with van der Waals surface area (Å²) in [7, 11) is -3.64. The molecule has 0 unspecified atom stereocenters. The first-order valence-corrected chi connectivity index (χ1v) is 8.12. The van der Waals surface area contributed by atoms with Crippen LogP contribution in [-0.2, 0) is 10.0 Å². The minimum absolute atomic E-state index is 0.161. The maximum Gasteiger partial charge on any atom is 0.265 e. The average molecular weight is 351 g/mol. The van der Waals surface area contributed by atoms with Gasteiger partial charge in [-0.25, -0.2) is 13.1 Å². The number of hydrogen-bond donors (Lipinski definition) is 1. The van der Waals surface area contributed by atoms with Gasteiger partial charge in [-0.05, 0) is 42.8 Å². The number of halogens is 1. The van der Waals surface area contributed by atoms with Gasteiger partial charge in [0, 0.05) is 10.4 Å². The van der Waals surface area contributed by atoms with Gasteiger partial charge in [-0.1, -0.05) is 5.16 Å². The molecule has 0 bridgehead atoms. The van der Waals surface area contributed by atoms with Crippen LogP contribution in [0.15, 0.2) is 19.3 Å². The fraction of sp³-hybridized carbons (Fsp3) is 0.300. The highest BCUT2D eigenvalue weighted by molar-refractivity contribution is 9.11. The number of rotatable bonds is 3. The third-order valence-corrected chi connectivity index (χ3v) is 5.66. The van der Waals surface area contributed by atoms with Crippen molar-refractivity contribution in [3.8, 4) is 0 Å². The molecule has 0 atom stereocenters. The van der Waals surface area contributed by atoms with E-state index in [4.69, 9.17) is 4.52 Å². The average Bonchev–Trinajstić information content (AvgIpc) is 2.75. The Labute approximate surface area is 117 Å². The lowest BCUT2D eigenvalue weighted by Crippen LogP contribution is -2.13. The SMILES string of the molecule is Cc1noc(NS(=O)(=O)c2cc(Br)sc2C)c1C. The number of nitrogens with one attached hydrogen (secondary N) is 1. The molecule has 0 aromatic carbocycles. The van der Waals surface area contributed by atoms with Crippen LogP contribution in [0.1, 0.15) is 16.1 Å². The van der Waals surface area contributed by atoms with E-state index in [-0.39, 0.29) is 10.8 Å². The summed E-state index contributed by atoms with van der Waals surface area (Å²) < 4.78 is 32.5. The van der Waals surface area contributed by atoms with Gasteiger partial charge in [0.15, 0.2) is 0 Å². The van der Waals surface area contributed by atoms with E-state index in [9.17, 15) is 8.42 Å². The van der Waals surface area contributed by atoms with Crippen molar-refractivity contribution in [3.05, 3.63) is 26.0 Å². The summed E-state index contributed by atoms with van der Waals surface area (Å²) >= 11 is 4.64. The van der Waals surface area contributed by atoms with Crippen molar-refractivity contribution in [3.63, 3.8) is 0 Å². The fourth-order valence-corrected chi connectivity index (χ4v) is 4.85. The van der Waals surface area contributed by atoms with Crippen LogP contribution in [0.3, 0.4) is 0 Å². The molecule has 0 fully saturated rings. The molecule has 0 radical (unpaired) electrons. The second-order valence-corrected chi connectivity index (χ2v) is 8.08. The van der Waals surface area contributed by atoms with E-state index in [1.165, 1.54) is 11.3 Å². The molecule has 1 N–H and O–H groups in total. The highest BCUT2D eigenvalue weighted by Gasteiger charge is 2.22. The fourth-order valence-electron chi connectivity index (χ4n) is 1.39. The number of aryl methyl sites for hydroxylation is 2. The van der Waals surface area contributed by atoms with E-state index in [0.717, 1.165) is 3.79 Å². The molecule has 2 aromatic heterocycles. The van der Waals surface area contributed by atoms with E-state index in [0.29, 0.717) is 16.1 Å². The van der Waals surface area contributed by atoms with Gasteiger partial charge in [-0.15, -0.1) is 11.3 Å². The molecule has 2 rings (SSSR count). The smallest absolute Gasteiger partial charge is 0.265 e. The van der Waals surface area contributed by atoms with Crippen LogP contribution in [0.4, 0.5) is 5.88 Å². The standard InChI is InChI=1S/C10H11BrN2O3S2/c1-5-6(2)12-16-10(5)13-18(14,15)8-4-9(11)17-7(8)3/h4,13H,1-3H3. The van der Waals surface area contributed by atoms with Gasteiger partial charge in [0.25, 0.3) is 10.0 Å². The van der Waals surface area contributed by atoms with Gasteiger partial charge in [-0.2, -0.15) is 0 Å². The van der Waals surface area contributed by atoms with Gasteiger partial charge in [0.1, 0.15) is 4.90 Å². The molecular weight excluding hydrogens is 340 g/mol. The predicted molar refractivity (Wildman–Crippen MR) is 73.5 cm³/mol. The molecule has 8 heteroatoms. The Morgan fingerprint density at radius 3 is 2.50 bits per heavy atom. The van der Waals surface area contributed by atoms with Crippen molar-refractivity contribution in [2.24, 2.45) is 0 Å². The Morgan fingerprint density at radius 2 is 2.06 bits per heavy atom. The number of nitrogens with zero attached hydrogens (tertiary/aromatic N) is 1. The molecule has 0 aliphatic carbocycles. The van der Waals surface area contributed by atoms with Gasteiger partial charge >= 0.3 is 0 Å². The Hall–Kier alpha value is -0.860. The van der Waals surface area contributed by atoms with Crippen LogP contribution in [0, 0.1) is 20.8 Å². The molecule has 2 heterocycles. The van der Waals surface area contributed by atoms with Crippen molar-refractivity contribution in [1.82, 2.24) is 5.16 Å². The maximum atomic E-state index is 12.2. The predicted octanol–water partition coefficient (Wildman–Crippen LogP) is 3.22. The second-order valence-electron chi connectivity index (χ2n) is 3.80. The van der Waals surface area contributed by atoms with Crippen molar-refractivity contribution < 1.29 is 12.9 Å². The Bertz CT molecular complexity index is 688.